The zero-order valence-electron chi connectivity index (χ0n) is 17.2. The minimum atomic E-state index is -1.17. The quantitative estimate of drug-likeness (QED) is 0.264. The summed E-state index contributed by atoms with van der Waals surface area (Å²) in [5.41, 5.74) is 5.83. The molecule has 1 aliphatic heterocycles. The highest BCUT2D eigenvalue weighted by Crippen LogP contribution is 2.13. The highest BCUT2D eigenvalue weighted by Gasteiger charge is 2.28. The summed E-state index contributed by atoms with van der Waals surface area (Å²) >= 11 is 1.38. The van der Waals surface area contributed by atoms with Crippen LogP contribution in [0.25, 0.3) is 0 Å². The summed E-state index contributed by atoms with van der Waals surface area (Å²) in [5.74, 6) is -1.66. The van der Waals surface area contributed by atoms with Crippen LogP contribution in [0.5, 0.6) is 0 Å². The van der Waals surface area contributed by atoms with Gasteiger partial charge < -0.3 is 26.4 Å². The highest BCUT2D eigenvalue weighted by molar-refractivity contribution is 7.99. The van der Waals surface area contributed by atoms with Gasteiger partial charge in [0.25, 0.3) is 5.69 Å². The SMILES string of the molecule is NC(=O)[C@H](Cc1ccc([N+](=O)[O-])cc1)NC(=O)CN1CCCSCC(=O)N[C@@H](CO)C1=O. The van der Waals surface area contributed by atoms with Crippen LogP contribution in [0.2, 0.25) is 0 Å². The third-order valence-electron chi connectivity index (χ3n) is 4.68. The summed E-state index contributed by atoms with van der Waals surface area (Å²) in [6, 6.07) is 3.22. The van der Waals surface area contributed by atoms with Gasteiger partial charge in [0.15, 0.2) is 0 Å². The van der Waals surface area contributed by atoms with Gasteiger partial charge in [0.2, 0.25) is 23.6 Å². The van der Waals surface area contributed by atoms with E-state index in [1.807, 2.05) is 0 Å². The van der Waals surface area contributed by atoms with Crippen LogP contribution < -0.4 is 16.4 Å². The Balaban J connectivity index is 2.04. The molecule has 5 N–H and O–H groups in total. The van der Waals surface area contributed by atoms with Gasteiger partial charge in [-0.1, -0.05) is 12.1 Å². The summed E-state index contributed by atoms with van der Waals surface area (Å²) in [5, 5.41) is 25.1. The van der Waals surface area contributed by atoms with Gasteiger partial charge in [0, 0.05) is 25.1 Å². The zero-order chi connectivity index (χ0) is 23.7. The number of hydrogen-bond donors (Lipinski definition) is 4. The highest BCUT2D eigenvalue weighted by atomic mass is 32.2. The van der Waals surface area contributed by atoms with Crippen molar-refractivity contribution in [3.63, 3.8) is 0 Å². The van der Waals surface area contributed by atoms with Gasteiger partial charge >= 0.3 is 0 Å². The van der Waals surface area contributed by atoms with Crippen molar-refractivity contribution in [3.05, 3.63) is 39.9 Å². The lowest BCUT2D eigenvalue weighted by atomic mass is 10.0. The van der Waals surface area contributed by atoms with Crippen molar-refractivity contribution in [1.82, 2.24) is 15.5 Å². The van der Waals surface area contributed by atoms with Gasteiger partial charge in [0.1, 0.15) is 12.1 Å². The summed E-state index contributed by atoms with van der Waals surface area (Å²) < 4.78 is 0. The smallest absolute Gasteiger partial charge is 0.269 e. The molecular weight excluding hydrogens is 442 g/mol. The first-order valence-corrected chi connectivity index (χ1v) is 11.0. The summed E-state index contributed by atoms with van der Waals surface area (Å²) in [6.07, 6.45) is 0.552. The number of aliphatic hydroxyl groups is 1. The number of carbonyl (C=O) groups excluding carboxylic acids is 4. The molecule has 0 aromatic heterocycles. The van der Waals surface area contributed by atoms with E-state index in [9.17, 15) is 34.4 Å². The number of nitro groups is 1. The molecule has 0 spiro atoms. The molecule has 2 atom stereocenters. The second kappa shape index (κ2) is 12.0. The molecule has 0 aliphatic carbocycles. The number of benzene rings is 1. The third kappa shape index (κ3) is 7.50. The molecule has 0 saturated carbocycles. The monoisotopic (exact) mass is 467 g/mol. The van der Waals surface area contributed by atoms with Crippen LogP contribution in [0.1, 0.15) is 12.0 Å². The Morgan fingerprint density at radius 2 is 2.03 bits per heavy atom. The Labute approximate surface area is 188 Å². The molecule has 1 saturated heterocycles. The Morgan fingerprint density at radius 1 is 1.34 bits per heavy atom. The van der Waals surface area contributed by atoms with Gasteiger partial charge in [-0.05, 0) is 17.7 Å². The number of nitrogens with zero attached hydrogens (tertiary/aromatic N) is 2. The molecule has 1 aromatic rings. The maximum atomic E-state index is 12.7. The van der Waals surface area contributed by atoms with Crippen molar-refractivity contribution in [2.45, 2.75) is 24.9 Å². The molecule has 32 heavy (non-hydrogen) atoms. The minimum Gasteiger partial charge on any atom is -0.394 e. The van der Waals surface area contributed by atoms with Crippen molar-refractivity contribution in [2.24, 2.45) is 5.73 Å². The predicted molar refractivity (Wildman–Crippen MR) is 115 cm³/mol. The van der Waals surface area contributed by atoms with Gasteiger partial charge in [0.05, 0.1) is 23.8 Å². The fraction of sp³-hybridized carbons (Fsp3) is 0.474. The van der Waals surface area contributed by atoms with Crippen LogP contribution in [0.4, 0.5) is 5.69 Å². The fourth-order valence-electron chi connectivity index (χ4n) is 3.06. The van der Waals surface area contributed by atoms with Crippen molar-refractivity contribution in [1.29, 1.82) is 0 Å². The number of non-ortho nitro benzene ring substituents is 1. The minimum absolute atomic E-state index is 0.0129. The summed E-state index contributed by atoms with van der Waals surface area (Å²) in [4.78, 5) is 60.3. The van der Waals surface area contributed by atoms with Gasteiger partial charge in [-0.25, -0.2) is 0 Å². The second-order valence-electron chi connectivity index (χ2n) is 7.12. The maximum absolute atomic E-state index is 12.7. The first kappa shape index (κ1) is 25.1. The Bertz CT molecular complexity index is 864. The van der Waals surface area contributed by atoms with E-state index >= 15 is 0 Å². The number of thioether (sulfide) groups is 1. The van der Waals surface area contributed by atoms with Gasteiger partial charge in [-0.3, -0.25) is 29.3 Å². The van der Waals surface area contributed by atoms with E-state index in [1.54, 1.807) is 0 Å². The van der Waals surface area contributed by atoms with Crippen molar-refractivity contribution in [3.8, 4) is 0 Å². The number of nitrogens with one attached hydrogen (secondary N) is 2. The van der Waals surface area contributed by atoms with Gasteiger partial charge in [-0.2, -0.15) is 11.8 Å². The molecule has 4 amide bonds. The average molecular weight is 468 g/mol. The summed E-state index contributed by atoms with van der Waals surface area (Å²) in [6.45, 7) is -0.771. The number of nitro benzene ring substituents is 1. The Hall–Kier alpha value is -3.19. The van der Waals surface area contributed by atoms with E-state index in [2.05, 4.69) is 10.6 Å². The van der Waals surface area contributed by atoms with Crippen molar-refractivity contribution >= 4 is 41.1 Å². The Kier molecular flexibility index (Phi) is 9.40. The molecule has 1 fully saturated rings. The average Bonchev–Trinajstić information content (AvgIpc) is 2.75. The number of primary amides is 1. The van der Waals surface area contributed by atoms with Crippen molar-refractivity contribution < 1.29 is 29.2 Å². The van der Waals surface area contributed by atoms with Crippen LogP contribution in [0.3, 0.4) is 0 Å². The number of carbonyl (C=O) groups is 4. The summed E-state index contributed by atoms with van der Waals surface area (Å²) in [7, 11) is 0. The standard InChI is InChI=1S/C19H25N5O7S/c20-18(28)14(8-12-2-4-13(5-3-12)24(30)31)21-16(26)9-23-6-1-7-32-11-17(27)22-15(10-25)19(23)29/h2-5,14-15,25H,1,6-11H2,(H2,20,28)(H,21,26)(H,22,27)/t14-,15-/m0/s1. The van der Waals surface area contributed by atoms with Crippen LogP contribution in [0.15, 0.2) is 24.3 Å². The van der Waals surface area contributed by atoms with E-state index in [0.29, 0.717) is 17.7 Å². The molecule has 13 heteroatoms. The lowest BCUT2D eigenvalue weighted by Crippen LogP contribution is -2.55. The molecule has 1 aromatic carbocycles. The number of hydrogen-bond acceptors (Lipinski definition) is 8. The number of nitrogens with two attached hydrogens (primary N) is 1. The lowest BCUT2D eigenvalue weighted by Gasteiger charge is -2.28. The van der Waals surface area contributed by atoms with E-state index in [-0.39, 0.29) is 36.9 Å². The molecule has 2 rings (SSSR count). The number of amides is 4. The van der Waals surface area contributed by atoms with E-state index in [0.717, 1.165) is 0 Å². The molecule has 1 aliphatic rings. The normalized spacial score (nSPS) is 18.4. The molecule has 1 heterocycles. The topological polar surface area (TPSA) is 185 Å². The lowest BCUT2D eigenvalue weighted by molar-refractivity contribution is -0.384. The third-order valence-corrected chi connectivity index (χ3v) is 5.72. The largest absolute Gasteiger partial charge is 0.394 e. The maximum Gasteiger partial charge on any atom is 0.269 e. The van der Waals surface area contributed by atoms with E-state index in [4.69, 9.17) is 5.73 Å². The van der Waals surface area contributed by atoms with Crippen molar-refractivity contribution in [2.75, 3.05) is 31.2 Å². The molecule has 0 unspecified atom stereocenters. The molecule has 0 radical (unpaired) electrons. The van der Waals surface area contributed by atoms with Gasteiger partial charge in [-0.15, -0.1) is 0 Å². The first-order chi connectivity index (χ1) is 15.2. The molecular formula is C19H25N5O7S. The predicted octanol–water partition coefficient (Wildman–Crippen LogP) is -1.45. The first-order valence-electron chi connectivity index (χ1n) is 9.80. The molecule has 0 bridgehead atoms. The van der Waals surface area contributed by atoms with Crippen LogP contribution in [-0.2, 0) is 25.6 Å². The van der Waals surface area contributed by atoms with Crippen LogP contribution in [-0.4, -0.2) is 81.8 Å². The fourth-order valence-corrected chi connectivity index (χ4v) is 3.80. The zero-order valence-corrected chi connectivity index (χ0v) is 18.0. The van der Waals surface area contributed by atoms with Crippen LogP contribution >= 0.6 is 11.8 Å². The van der Waals surface area contributed by atoms with Crippen LogP contribution in [0, 0.1) is 10.1 Å². The van der Waals surface area contributed by atoms with E-state index in [1.165, 1.54) is 40.9 Å². The molecule has 12 nitrogen and oxygen atoms in total. The Morgan fingerprint density at radius 3 is 2.62 bits per heavy atom. The second-order valence-corrected chi connectivity index (χ2v) is 8.22. The molecule has 174 valence electrons. The van der Waals surface area contributed by atoms with E-state index < -0.39 is 41.3 Å². The number of rotatable bonds is 8. The number of aliphatic hydroxyl groups excluding tert-OH is 1.